The van der Waals surface area contributed by atoms with Crippen molar-refractivity contribution < 1.29 is 19.0 Å². The van der Waals surface area contributed by atoms with Crippen molar-refractivity contribution in [2.45, 2.75) is 44.9 Å². The van der Waals surface area contributed by atoms with Crippen molar-refractivity contribution in [1.29, 1.82) is 0 Å². The van der Waals surface area contributed by atoms with Crippen LogP contribution in [0.15, 0.2) is 54.9 Å². The second-order valence-corrected chi connectivity index (χ2v) is 11.1. The predicted molar refractivity (Wildman–Crippen MR) is 153 cm³/mol. The number of nitrogens with zero attached hydrogens (tertiary/aromatic N) is 6. The van der Waals surface area contributed by atoms with E-state index in [-0.39, 0.29) is 11.7 Å². The number of aryl methyl sites for hydroxylation is 1. The molecule has 2 aliphatic rings. The van der Waals surface area contributed by atoms with E-state index in [1.54, 1.807) is 35.0 Å². The Labute approximate surface area is 238 Å². The Kier molecular flexibility index (Phi) is 7.04. The summed E-state index contributed by atoms with van der Waals surface area (Å²) in [5.41, 5.74) is 3.99. The first-order valence-corrected chi connectivity index (χ1v) is 13.9. The fourth-order valence-electron chi connectivity index (χ4n) is 5.73. The van der Waals surface area contributed by atoms with Crippen LogP contribution in [0.25, 0.3) is 22.5 Å². The van der Waals surface area contributed by atoms with Gasteiger partial charge in [-0.05, 0) is 79.8 Å². The highest BCUT2D eigenvalue weighted by atomic mass is 19.1. The predicted octanol–water partition coefficient (Wildman–Crippen LogP) is 4.59. The monoisotopic (exact) mass is 556 g/mol. The van der Waals surface area contributed by atoms with Gasteiger partial charge in [0.15, 0.2) is 5.82 Å². The summed E-state index contributed by atoms with van der Waals surface area (Å²) in [7, 11) is 3.79. The van der Waals surface area contributed by atoms with Crippen molar-refractivity contribution in [3.05, 3.63) is 77.4 Å². The summed E-state index contributed by atoms with van der Waals surface area (Å²) in [5.74, 6) is 0.809. The maximum Gasteiger partial charge on any atom is 0.260 e. The number of hydrogen-bond acceptors (Lipinski definition) is 7. The van der Waals surface area contributed by atoms with E-state index in [9.17, 15) is 14.3 Å². The molecule has 212 valence electrons. The molecule has 1 amide bonds. The average Bonchev–Trinajstić information content (AvgIpc) is 3.50. The standard InChI is InChI=1S/C31H33FN6O3/c1-4-41-28-14-22(24-9-8-23(32)15-26(24)29-35-33-19-37(29)3)13-27(34-28)38-17-21-7-6-20(12-25(21)30(38)39)16-36(2)18-31(40)10-5-11-31/h6-9,12-15,19,40H,4-5,10-11,16-18H2,1-3H3. The van der Waals surface area contributed by atoms with Crippen LogP contribution in [0, 0.1) is 5.82 Å². The zero-order chi connectivity index (χ0) is 28.7. The van der Waals surface area contributed by atoms with Crippen molar-refractivity contribution in [3.63, 3.8) is 0 Å². The van der Waals surface area contributed by atoms with Gasteiger partial charge >= 0.3 is 0 Å². The largest absolute Gasteiger partial charge is 0.478 e. The maximum absolute atomic E-state index is 14.4. The molecule has 3 heterocycles. The fraction of sp³-hybridized carbons (Fsp3) is 0.355. The third-order valence-electron chi connectivity index (χ3n) is 7.88. The Bertz CT molecular complexity index is 1620. The van der Waals surface area contributed by atoms with Crippen LogP contribution in [0.1, 0.15) is 47.7 Å². The number of likely N-dealkylation sites (N-methyl/N-ethyl adjacent to an activating group) is 1. The first kappa shape index (κ1) is 27.0. The summed E-state index contributed by atoms with van der Waals surface area (Å²) >= 11 is 0. The van der Waals surface area contributed by atoms with E-state index >= 15 is 0 Å². The smallest absolute Gasteiger partial charge is 0.260 e. The molecule has 1 aliphatic carbocycles. The molecule has 10 heteroatoms. The van der Waals surface area contributed by atoms with E-state index in [1.807, 2.05) is 38.2 Å². The molecule has 2 aromatic carbocycles. The van der Waals surface area contributed by atoms with Crippen LogP contribution in [0.2, 0.25) is 0 Å². The van der Waals surface area contributed by atoms with Gasteiger partial charge < -0.3 is 14.4 Å². The Morgan fingerprint density at radius 2 is 1.93 bits per heavy atom. The van der Waals surface area contributed by atoms with Gasteiger partial charge in [0.05, 0.1) is 18.8 Å². The quantitative estimate of drug-likeness (QED) is 0.322. The summed E-state index contributed by atoms with van der Waals surface area (Å²) in [6.45, 7) is 3.90. The number of aromatic nitrogens is 4. The second-order valence-electron chi connectivity index (χ2n) is 11.1. The van der Waals surface area contributed by atoms with Crippen LogP contribution in [-0.4, -0.2) is 61.5 Å². The first-order chi connectivity index (χ1) is 19.7. The third-order valence-corrected chi connectivity index (χ3v) is 7.88. The van der Waals surface area contributed by atoms with Crippen molar-refractivity contribution in [2.75, 3.05) is 25.1 Å². The molecule has 0 radical (unpaired) electrons. The lowest BCUT2D eigenvalue weighted by atomic mass is 9.80. The van der Waals surface area contributed by atoms with Crippen molar-refractivity contribution in [2.24, 2.45) is 7.05 Å². The number of halogens is 1. The van der Waals surface area contributed by atoms with Gasteiger partial charge in [-0.25, -0.2) is 4.39 Å². The topological polar surface area (TPSA) is 96.6 Å². The molecule has 41 heavy (non-hydrogen) atoms. The summed E-state index contributed by atoms with van der Waals surface area (Å²) in [6, 6.07) is 14.1. The number of ether oxygens (including phenoxy) is 1. The van der Waals surface area contributed by atoms with Crippen molar-refractivity contribution >= 4 is 11.7 Å². The molecule has 0 bridgehead atoms. The van der Waals surface area contributed by atoms with Crippen LogP contribution < -0.4 is 9.64 Å². The zero-order valence-corrected chi connectivity index (χ0v) is 23.5. The van der Waals surface area contributed by atoms with Crippen LogP contribution in [0.3, 0.4) is 0 Å². The summed E-state index contributed by atoms with van der Waals surface area (Å²) in [4.78, 5) is 22.1. The third kappa shape index (κ3) is 5.32. The Morgan fingerprint density at radius 3 is 2.63 bits per heavy atom. The van der Waals surface area contributed by atoms with Crippen molar-refractivity contribution in [3.8, 4) is 28.4 Å². The molecule has 0 spiro atoms. The van der Waals surface area contributed by atoms with Crippen LogP contribution in [0.5, 0.6) is 5.88 Å². The number of benzene rings is 2. The van der Waals surface area contributed by atoms with Crippen LogP contribution in [0.4, 0.5) is 10.2 Å². The Hall–Kier alpha value is -4.15. The summed E-state index contributed by atoms with van der Waals surface area (Å²) in [5, 5.41) is 18.7. The Balaban J connectivity index is 1.32. The van der Waals surface area contributed by atoms with Gasteiger partial charge in [0.25, 0.3) is 5.91 Å². The highest BCUT2D eigenvalue weighted by Gasteiger charge is 2.35. The number of pyridine rings is 1. The van der Waals surface area contributed by atoms with E-state index in [4.69, 9.17) is 4.74 Å². The van der Waals surface area contributed by atoms with Gasteiger partial charge in [-0.15, -0.1) is 10.2 Å². The molecule has 1 aliphatic heterocycles. The summed E-state index contributed by atoms with van der Waals surface area (Å²) in [6.07, 6.45) is 4.30. The normalized spacial score (nSPS) is 15.8. The lowest BCUT2D eigenvalue weighted by Gasteiger charge is -2.39. The molecule has 9 nitrogen and oxygen atoms in total. The van der Waals surface area contributed by atoms with Gasteiger partial charge in [0, 0.05) is 37.3 Å². The van der Waals surface area contributed by atoms with Gasteiger partial charge in [-0.3, -0.25) is 14.6 Å². The minimum absolute atomic E-state index is 0.137. The molecule has 0 unspecified atom stereocenters. The zero-order valence-electron chi connectivity index (χ0n) is 23.5. The van der Waals surface area contributed by atoms with Gasteiger partial charge in [-0.2, -0.15) is 4.98 Å². The van der Waals surface area contributed by atoms with E-state index in [2.05, 4.69) is 20.1 Å². The minimum atomic E-state index is -0.593. The minimum Gasteiger partial charge on any atom is -0.478 e. The first-order valence-electron chi connectivity index (χ1n) is 13.9. The van der Waals surface area contributed by atoms with E-state index < -0.39 is 5.60 Å². The number of carbonyl (C=O) groups is 1. The average molecular weight is 557 g/mol. The molecule has 0 saturated heterocycles. The Morgan fingerprint density at radius 1 is 1.10 bits per heavy atom. The molecular formula is C31H33FN6O3. The lowest BCUT2D eigenvalue weighted by Crippen LogP contribution is -2.46. The van der Waals surface area contributed by atoms with E-state index in [1.165, 1.54) is 12.1 Å². The molecule has 0 atom stereocenters. The van der Waals surface area contributed by atoms with Crippen molar-refractivity contribution in [1.82, 2.24) is 24.6 Å². The second kappa shape index (κ2) is 10.7. The number of hydrogen-bond donors (Lipinski definition) is 1. The van der Waals surface area contributed by atoms with Crippen LogP contribution in [-0.2, 0) is 20.1 Å². The molecule has 6 rings (SSSR count). The fourth-order valence-corrected chi connectivity index (χ4v) is 5.73. The van der Waals surface area contributed by atoms with Gasteiger partial charge in [0.1, 0.15) is 18.0 Å². The highest BCUT2D eigenvalue weighted by Crippen LogP contribution is 2.37. The number of amides is 1. The molecular weight excluding hydrogens is 523 g/mol. The number of fused-ring (bicyclic) bond motifs is 1. The maximum atomic E-state index is 14.4. The SMILES string of the molecule is CCOc1cc(-c2ccc(F)cc2-c2nncn2C)cc(N2Cc3ccc(CN(C)CC4(O)CCC4)cc3C2=O)n1. The molecule has 1 fully saturated rings. The number of carbonyl (C=O) groups excluding carboxylic acids is 1. The molecule has 1 saturated carbocycles. The number of anilines is 1. The lowest BCUT2D eigenvalue weighted by molar-refractivity contribution is -0.0555. The van der Waals surface area contributed by atoms with Gasteiger partial charge in [0.2, 0.25) is 5.88 Å². The summed E-state index contributed by atoms with van der Waals surface area (Å²) < 4.78 is 21.9. The number of rotatable bonds is 9. The number of aliphatic hydroxyl groups is 1. The van der Waals surface area contributed by atoms with Gasteiger partial charge in [-0.1, -0.05) is 18.2 Å². The molecule has 1 N–H and O–H groups in total. The molecule has 2 aromatic heterocycles. The van der Waals surface area contributed by atoms with E-state index in [0.717, 1.165) is 41.5 Å². The highest BCUT2D eigenvalue weighted by molar-refractivity contribution is 6.10. The van der Waals surface area contributed by atoms with E-state index in [0.29, 0.717) is 54.9 Å². The van der Waals surface area contributed by atoms with Crippen LogP contribution >= 0.6 is 0 Å². The molecule has 4 aromatic rings.